The Hall–Kier alpha value is -2.25. The molecule has 1 saturated heterocycles. The molecule has 1 aliphatic carbocycles. The van der Waals surface area contributed by atoms with Crippen molar-refractivity contribution in [3.05, 3.63) is 18.2 Å². The van der Waals surface area contributed by atoms with Crippen molar-refractivity contribution in [1.29, 1.82) is 0 Å². The van der Waals surface area contributed by atoms with Crippen LogP contribution in [0, 0.1) is 11.7 Å². The summed E-state index contributed by atoms with van der Waals surface area (Å²) in [7, 11) is 0. The third-order valence-corrected chi connectivity index (χ3v) is 4.65. The zero-order valence-corrected chi connectivity index (χ0v) is 13.5. The lowest BCUT2D eigenvalue weighted by molar-refractivity contribution is -0.136. The second-order valence-corrected chi connectivity index (χ2v) is 6.34. The Kier molecular flexibility index (Phi) is 5.22. The van der Waals surface area contributed by atoms with Gasteiger partial charge in [-0.05, 0) is 25.7 Å². The Bertz CT molecular complexity index is 587. The number of aromatic nitrogens is 2. The molecule has 1 aliphatic heterocycles. The summed E-state index contributed by atoms with van der Waals surface area (Å²) >= 11 is 0. The Morgan fingerprint density at radius 3 is 2.62 bits per heavy atom. The highest BCUT2D eigenvalue weighted by atomic mass is 19.1. The van der Waals surface area contributed by atoms with Gasteiger partial charge in [-0.1, -0.05) is 0 Å². The molecule has 2 N–H and O–H groups in total. The number of hydrogen-bond acceptors (Lipinski definition) is 5. The van der Waals surface area contributed by atoms with Crippen molar-refractivity contribution >= 4 is 17.8 Å². The average Bonchev–Trinajstić information content (AvgIpc) is 2.82. The first-order valence-electron chi connectivity index (χ1n) is 8.41. The molecule has 0 atom stereocenters. The Balaban J connectivity index is 1.48. The van der Waals surface area contributed by atoms with E-state index in [-0.39, 0.29) is 23.8 Å². The molecule has 1 aromatic rings. The van der Waals surface area contributed by atoms with E-state index in [2.05, 4.69) is 20.6 Å². The van der Waals surface area contributed by atoms with Gasteiger partial charge in [0.15, 0.2) is 5.82 Å². The first-order valence-corrected chi connectivity index (χ1v) is 8.41. The summed E-state index contributed by atoms with van der Waals surface area (Å²) in [5.74, 6) is 0.148. The van der Waals surface area contributed by atoms with Gasteiger partial charge < -0.3 is 15.5 Å². The Morgan fingerprint density at radius 2 is 1.92 bits per heavy atom. The van der Waals surface area contributed by atoms with Crippen molar-refractivity contribution in [3.63, 3.8) is 0 Å². The van der Waals surface area contributed by atoms with Crippen LogP contribution in [0.1, 0.15) is 32.1 Å². The largest absolute Gasteiger partial charge is 0.354 e. The zero-order valence-electron chi connectivity index (χ0n) is 13.5. The van der Waals surface area contributed by atoms with Crippen molar-refractivity contribution in [3.8, 4) is 0 Å². The molecule has 2 fully saturated rings. The van der Waals surface area contributed by atoms with Crippen LogP contribution >= 0.6 is 0 Å². The third kappa shape index (κ3) is 4.18. The van der Waals surface area contributed by atoms with Crippen molar-refractivity contribution in [2.24, 2.45) is 5.92 Å². The number of rotatable bonds is 3. The highest BCUT2D eigenvalue weighted by Crippen LogP contribution is 2.27. The van der Waals surface area contributed by atoms with E-state index in [9.17, 15) is 14.0 Å². The van der Waals surface area contributed by atoms with Crippen LogP contribution in [0.2, 0.25) is 0 Å². The summed E-state index contributed by atoms with van der Waals surface area (Å²) in [6.07, 6.45) is 5.96. The first-order chi connectivity index (χ1) is 11.6. The molecule has 2 amide bonds. The van der Waals surface area contributed by atoms with Gasteiger partial charge in [0.2, 0.25) is 17.8 Å². The molecule has 2 aliphatic rings. The van der Waals surface area contributed by atoms with Crippen LogP contribution in [-0.4, -0.2) is 52.4 Å². The summed E-state index contributed by atoms with van der Waals surface area (Å²) < 4.78 is 12.8. The van der Waals surface area contributed by atoms with E-state index in [1.807, 2.05) is 0 Å². The number of amides is 2. The zero-order chi connectivity index (χ0) is 16.9. The molecule has 24 heavy (non-hydrogen) atoms. The summed E-state index contributed by atoms with van der Waals surface area (Å²) in [4.78, 5) is 33.6. The molecule has 0 bridgehead atoms. The van der Waals surface area contributed by atoms with Gasteiger partial charge >= 0.3 is 0 Å². The van der Waals surface area contributed by atoms with Crippen LogP contribution in [0.5, 0.6) is 0 Å². The predicted molar refractivity (Wildman–Crippen MR) is 85.6 cm³/mol. The quantitative estimate of drug-likeness (QED) is 0.858. The second-order valence-electron chi connectivity index (χ2n) is 6.34. The third-order valence-electron chi connectivity index (χ3n) is 4.65. The van der Waals surface area contributed by atoms with Gasteiger partial charge in [0.1, 0.15) is 0 Å². The van der Waals surface area contributed by atoms with Gasteiger partial charge in [-0.2, -0.15) is 0 Å². The van der Waals surface area contributed by atoms with Gasteiger partial charge in [0, 0.05) is 38.0 Å². The lowest BCUT2D eigenvalue weighted by Crippen LogP contribution is -2.41. The normalized spacial score (nSPS) is 24.9. The number of halogens is 1. The number of carbonyl (C=O) groups is 2. The van der Waals surface area contributed by atoms with E-state index in [0.717, 1.165) is 38.1 Å². The molecule has 1 aromatic heterocycles. The van der Waals surface area contributed by atoms with Crippen molar-refractivity contribution < 1.29 is 14.0 Å². The SMILES string of the molecule is O=C1CCN(C(=O)C2CCC(Nc3ncc(F)cn3)CC2)CCN1. The minimum atomic E-state index is -0.458. The van der Waals surface area contributed by atoms with E-state index in [1.165, 1.54) is 0 Å². The molecule has 1 saturated carbocycles. The number of carbonyl (C=O) groups excluding carboxylic acids is 2. The maximum absolute atomic E-state index is 12.8. The van der Waals surface area contributed by atoms with Crippen LogP contribution in [0.25, 0.3) is 0 Å². The monoisotopic (exact) mass is 335 g/mol. The van der Waals surface area contributed by atoms with Gasteiger partial charge in [-0.25, -0.2) is 14.4 Å². The van der Waals surface area contributed by atoms with Crippen LogP contribution in [0.3, 0.4) is 0 Å². The number of nitrogens with zero attached hydrogens (tertiary/aromatic N) is 3. The molecule has 0 unspecified atom stereocenters. The summed E-state index contributed by atoms with van der Waals surface area (Å²) in [5.41, 5.74) is 0. The van der Waals surface area contributed by atoms with Gasteiger partial charge in [0.25, 0.3) is 0 Å². The number of nitrogens with one attached hydrogen (secondary N) is 2. The average molecular weight is 335 g/mol. The highest BCUT2D eigenvalue weighted by molar-refractivity contribution is 5.81. The van der Waals surface area contributed by atoms with E-state index in [0.29, 0.717) is 32.0 Å². The first kappa shape index (κ1) is 16.6. The van der Waals surface area contributed by atoms with Crippen LogP contribution in [-0.2, 0) is 9.59 Å². The maximum Gasteiger partial charge on any atom is 0.225 e. The molecule has 0 aromatic carbocycles. The Morgan fingerprint density at radius 1 is 1.21 bits per heavy atom. The van der Waals surface area contributed by atoms with E-state index in [1.54, 1.807) is 4.90 Å². The topological polar surface area (TPSA) is 87.2 Å². The van der Waals surface area contributed by atoms with Gasteiger partial charge in [-0.15, -0.1) is 0 Å². The smallest absolute Gasteiger partial charge is 0.225 e. The molecule has 0 radical (unpaired) electrons. The molecule has 3 rings (SSSR count). The molecule has 8 heteroatoms. The highest BCUT2D eigenvalue weighted by Gasteiger charge is 2.30. The van der Waals surface area contributed by atoms with Gasteiger partial charge in [-0.3, -0.25) is 9.59 Å². The minimum absolute atomic E-state index is 0.0116. The molecule has 2 heterocycles. The predicted octanol–water partition coefficient (Wildman–Crippen LogP) is 0.935. The lowest BCUT2D eigenvalue weighted by atomic mass is 9.85. The summed E-state index contributed by atoms with van der Waals surface area (Å²) in [6.45, 7) is 1.63. The lowest BCUT2D eigenvalue weighted by Gasteiger charge is -2.31. The van der Waals surface area contributed by atoms with Crippen molar-refractivity contribution in [2.45, 2.75) is 38.1 Å². The second kappa shape index (κ2) is 7.55. The molecule has 7 nitrogen and oxygen atoms in total. The molecule has 0 spiro atoms. The van der Waals surface area contributed by atoms with Crippen molar-refractivity contribution in [2.75, 3.05) is 25.0 Å². The van der Waals surface area contributed by atoms with Crippen LogP contribution in [0.15, 0.2) is 12.4 Å². The molecule has 130 valence electrons. The standard InChI is InChI=1S/C16H22FN5O2/c17-12-9-19-16(20-10-12)21-13-3-1-11(2-4-13)15(24)22-7-5-14(23)18-6-8-22/h9-11,13H,1-8H2,(H,18,23)(H,19,20,21). The van der Waals surface area contributed by atoms with Crippen LogP contribution < -0.4 is 10.6 Å². The molecular weight excluding hydrogens is 313 g/mol. The number of hydrogen-bond donors (Lipinski definition) is 2. The van der Waals surface area contributed by atoms with Crippen molar-refractivity contribution in [1.82, 2.24) is 20.2 Å². The van der Waals surface area contributed by atoms with E-state index < -0.39 is 5.82 Å². The van der Waals surface area contributed by atoms with E-state index >= 15 is 0 Å². The van der Waals surface area contributed by atoms with Crippen LogP contribution in [0.4, 0.5) is 10.3 Å². The molecular formula is C16H22FN5O2. The minimum Gasteiger partial charge on any atom is -0.354 e. The fourth-order valence-corrected chi connectivity index (χ4v) is 3.30. The fourth-order valence-electron chi connectivity index (χ4n) is 3.30. The summed E-state index contributed by atoms with van der Waals surface area (Å²) in [6, 6.07) is 0.201. The maximum atomic E-state index is 12.8. The van der Waals surface area contributed by atoms with E-state index in [4.69, 9.17) is 0 Å². The Labute approximate surface area is 140 Å². The number of anilines is 1. The fraction of sp³-hybridized carbons (Fsp3) is 0.625. The summed E-state index contributed by atoms with van der Waals surface area (Å²) in [5, 5.41) is 5.98. The van der Waals surface area contributed by atoms with Gasteiger partial charge in [0.05, 0.1) is 12.4 Å².